The minimum Gasteiger partial charge on any atom is -0.372 e. The van der Waals surface area contributed by atoms with Crippen LogP contribution in [0.25, 0.3) is 0 Å². The van der Waals surface area contributed by atoms with Gasteiger partial charge in [0.2, 0.25) is 0 Å². The summed E-state index contributed by atoms with van der Waals surface area (Å²) in [5.74, 6) is -0.404. The zero-order chi connectivity index (χ0) is 18.2. The third kappa shape index (κ3) is 4.60. The highest BCUT2D eigenvalue weighted by atomic mass is 16.6. The minimum atomic E-state index is -0.461. The van der Waals surface area contributed by atoms with Crippen molar-refractivity contribution in [3.05, 3.63) is 64.0 Å². The minimum absolute atomic E-state index is 0.0315. The lowest BCUT2D eigenvalue weighted by Crippen LogP contribution is -2.23. The Kier molecular flexibility index (Phi) is 6.16. The summed E-state index contributed by atoms with van der Waals surface area (Å²) in [6.07, 6.45) is 4.41. The van der Waals surface area contributed by atoms with Crippen LogP contribution in [-0.2, 0) is 0 Å². The van der Waals surface area contributed by atoms with E-state index in [-0.39, 0.29) is 5.69 Å². The zero-order valence-electron chi connectivity index (χ0n) is 14.0. The van der Waals surface area contributed by atoms with Gasteiger partial charge in [-0.3, -0.25) is 19.9 Å². The van der Waals surface area contributed by atoms with Crippen molar-refractivity contribution in [2.45, 2.75) is 13.8 Å². The number of carbonyl (C=O) groups excluding carboxylic acids is 1. The molecular weight excluding hydrogens is 322 g/mol. The normalized spacial score (nSPS) is 10.6. The fourth-order valence-electron chi connectivity index (χ4n) is 2.33. The number of amides is 1. The summed E-state index contributed by atoms with van der Waals surface area (Å²) >= 11 is 0. The van der Waals surface area contributed by atoms with Crippen molar-refractivity contribution in [1.82, 2.24) is 10.4 Å². The predicted octanol–water partition coefficient (Wildman–Crippen LogP) is 2.60. The molecule has 1 heterocycles. The van der Waals surface area contributed by atoms with Crippen LogP contribution in [0.2, 0.25) is 0 Å². The number of hydrazone groups is 1. The molecule has 25 heavy (non-hydrogen) atoms. The lowest BCUT2D eigenvalue weighted by molar-refractivity contribution is -0.384. The molecule has 130 valence electrons. The van der Waals surface area contributed by atoms with Gasteiger partial charge in [0.25, 0.3) is 11.6 Å². The van der Waals surface area contributed by atoms with Crippen molar-refractivity contribution in [2.24, 2.45) is 5.10 Å². The number of nitrogens with zero attached hydrogens (tertiary/aromatic N) is 4. The second kappa shape index (κ2) is 8.53. The molecule has 8 heteroatoms. The number of hydrogen-bond acceptors (Lipinski definition) is 6. The number of pyridine rings is 1. The number of carbonyl (C=O) groups is 1. The first-order valence-corrected chi connectivity index (χ1v) is 7.83. The van der Waals surface area contributed by atoms with Crippen LogP contribution < -0.4 is 10.3 Å². The van der Waals surface area contributed by atoms with Gasteiger partial charge in [0, 0.05) is 48.9 Å². The van der Waals surface area contributed by atoms with Crippen molar-refractivity contribution < 1.29 is 9.72 Å². The molecule has 0 saturated carbocycles. The van der Waals surface area contributed by atoms with Crippen LogP contribution in [-0.4, -0.2) is 35.1 Å². The Labute approximate surface area is 145 Å². The fourth-order valence-corrected chi connectivity index (χ4v) is 2.33. The second-order valence-electron chi connectivity index (χ2n) is 5.11. The number of non-ortho nitro benzene ring substituents is 1. The summed E-state index contributed by atoms with van der Waals surface area (Å²) in [6.45, 7) is 5.49. The molecule has 0 unspecified atom stereocenters. The quantitative estimate of drug-likeness (QED) is 0.474. The molecule has 0 aliphatic carbocycles. The number of nitrogens with one attached hydrogen (secondary N) is 1. The maximum atomic E-state index is 12.0. The lowest BCUT2D eigenvalue weighted by atomic mass is 10.1. The van der Waals surface area contributed by atoms with E-state index in [4.69, 9.17) is 0 Å². The molecule has 2 rings (SSSR count). The van der Waals surface area contributed by atoms with E-state index in [9.17, 15) is 14.9 Å². The standard InChI is InChI=1S/C17H19N5O3/c1-3-21(4-2)16-8-7-15(22(24)25)10-14(16)12-19-20-17(23)13-6-5-9-18-11-13/h5-12H,3-4H2,1-2H3,(H,20,23). The molecule has 1 N–H and O–H groups in total. The van der Waals surface area contributed by atoms with Gasteiger partial charge in [-0.05, 0) is 32.0 Å². The Bertz CT molecular complexity index is 773. The molecular formula is C17H19N5O3. The third-order valence-corrected chi connectivity index (χ3v) is 3.62. The number of nitro groups is 1. The van der Waals surface area contributed by atoms with Crippen molar-refractivity contribution in [3.8, 4) is 0 Å². The van der Waals surface area contributed by atoms with Crippen LogP contribution in [0.4, 0.5) is 11.4 Å². The molecule has 8 nitrogen and oxygen atoms in total. The SMILES string of the molecule is CCN(CC)c1ccc([N+](=O)[O-])cc1C=NNC(=O)c1cccnc1. The number of anilines is 1. The van der Waals surface area contributed by atoms with E-state index in [0.717, 1.165) is 18.8 Å². The number of aromatic nitrogens is 1. The molecule has 0 saturated heterocycles. The summed E-state index contributed by atoms with van der Waals surface area (Å²) in [6, 6.07) is 7.85. The van der Waals surface area contributed by atoms with E-state index >= 15 is 0 Å². The van der Waals surface area contributed by atoms with Crippen LogP contribution in [0.15, 0.2) is 47.8 Å². The molecule has 0 bridgehead atoms. The first kappa shape index (κ1) is 18.1. The van der Waals surface area contributed by atoms with E-state index in [1.165, 1.54) is 24.5 Å². The van der Waals surface area contributed by atoms with Crippen molar-refractivity contribution in [3.63, 3.8) is 0 Å². The first-order chi connectivity index (χ1) is 12.1. The Morgan fingerprint density at radius 2 is 2.12 bits per heavy atom. The van der Waals surface area contributed by atoms with Gasteiger partial charge >= 0.3 is 0 Å². The van der Waals surface area contributed by atoms with Crippen LogP contribution in [0.1, 0.15) is 29.8 Å². The third-order valence-electron chi connectivity index (χ3n) is 3.62. The van der Waals surface area contributed by atoms with E-state index in [2.05, 4.69) is 15.5 Å². The Balaban J connectivity index is 2.24. The highest BCUT2D eigenvalue weighted by Crippen LogP contribution is 2.24. The summed E-state index contributed by atoms with van der Waals surface area (Å²) in [5, 5.41) is 14.9. The van der Waals surface area contributed by atoms with Crippen molar-refractivity contribution in [2.75, 3.05) is 18.0 Å². The molecule has 0 aliphatic rings. The van der Waals surface area contributed by atoms with Crippen molar-refractivity contribution in [1.29, 1.82) is 0 Å². The molecule has 1 aromatic heterocycles. The number of hydrogen-bond donors (Lipinski definition) is 1. The second-order valence-corrected chi connectivity index (χ2v) is 5.11. The van der Waals surface area contributed by atoms with Gasteiger partial charge < -0.3 is 4.90 Å². The summed E-state index contributed by atoms with van der Waals surface area (Å²) in [5.41, 5.74) is 4.12. The molecule has 0 radical (unpaired) electrons. The summed E-state index contributed by atoms with van der Waals surface area (Å²) in [4.78, 5) is 28.4. The molecule has 0 atom stereocenters. The lowest BCUT2D eigenvalue weighted by Gasteiger charge is -2.22. The summed E-state index contributed by atoms with van der Waals surface area (Å²) in [7, 11) is 0. The molecule has 0 spiro atoms. The highest BCUT2D eigenvalue weighted by Gasteiger charge is 2.13. The van der Waals surface area contributed by atoms with Gasteiger partial charge in [-0.2, -0.15) is 5.10 Å². The number of nitro benzene ring substituents is 1. The van der Waals surface area contributed by atoms with Gasteiger partial charge in [-0.1, -0.05) is 0 Å². The van der Waals surface area contributed by atoms with Gasteiger partial charge in [0.1, 0.15) is 0 Å². The van der Waals surface area contributed by atoms with Gasteiger partial charge in [-0.15, -0.1) is 0 Å². The average Bonchev–Trinajstić information content (AvgIpc) is 2.64. The number of benzene rings is 1. The average molecular weight is 341 g/mol. The topological polar surface area (TPSA) is 101 Å². The fraction of sp³-hybridized carbons (Fsp3) is 0.235. The molecule has 2 aromatic rings. The largest absolute Gasteiger partial charge is 0.372 e. The summed E-state index contributed by atoms with van der Waals surface area (Å²) < 4.78 is 0. The van der Waals surface area contributed by atoms with Gasteiger partial charge in [0.05, 0.1) is 16.7 Å². The first-order valence-electron chi connectivity index (χ1n) is 7.83. The Morgan fingerprint density at radius 1 is 1.36 bits per heavy atom. The van der Waals surface area contributed by atoms with E-state index < -0.39 is 10.8 Å². The predicted molar refractivity (Wildman–Crippen MR) is 96.0 cm³/mol. The molecule has 1 amide bonds. The molecule has 0 aliphatic heterocycles. The van der Waals surface area contributed by atoms with Crippen LogP contribution in [0.3, 0.4) is 0 Å². The van der Waals surface area contributed by atoms with Crippen LogP contribution >= 0.6 is 0 Å². The smallest absolute Gasteiger partial charge is 0.272 e. The van der Waals surface area contributed by atoms with Gasteiger partial charge in [-0.25, -0.2) is 5.43 Å². The highest BCUT2D eigenvalue weighted by molar-refractivity contribution is 5.95. The van der Waals surface area contributed by atoms with E-state index in [0.29, 0.717) is 11.1 Å². The molecule has 0 fully saturated rings. The Morgan fingerprint density at radius 3 is 2.72 bits per heavy atom. The van der Waals surface area contributed by atoms with Crippen LogP contribution in [0.5, 0.6) is 0 Å². The van der Waals surface area contributed by atoms with Gasteiger partial charge in [0.15, 0.2) is 0 Å². The zero-order valence-corrected chi connectivity index (χ0v) is 14.0. The Hall–Kier alpha value is -3.29. The van der Waals surface area contributed by atoms with E-state index in [1.807, 2.05) is 18.7 Å². The maximum Gasteiger partial charge on any atom is 0.272 e. The maximum absolute atomic E-state index is 12.0. The van der Waals surface area contributed by atoms with Crippen molar-refractivity contribution >= 4 is 23.5 Å². The molecule has 1 aromatic carbocycles. The van der Waals surface area contributed by atoms with E-state index in [1.54, 1.807) is 24.4 Å². The monoisotopic (exact) mass is 341 g/mol. The van der Waals surface area contributed by atoms with Crippen LogP contribution in [0, 0.1) is 10.1 Å². The number of rotatable bonds is 7.